The molecule has 6 rings (SSSR count). The maximum absolute atomic E-state index is 13.3. The molecule has 3 aromatic carbocycles. The highest BCUT2D eigenvalue weighted by molar-refractivity contribution is 7.90. The number of amides is 2. The topological polar surface area (TPSA) is 93.1 Å². The predicted octanol–water partition coefficient (Wildman–Crippen LogP) is 5.98. The van der Waals surface area contributed by atoms with Crippen LogP contribution in [0.5, 0.6) is 0 Å². The van der Waals surface area contributed by atoms with Crippen LogP contribution in [0.25, 0.3) is 16.8 Å². The van der Waals surface area contributed by atoms with Crippen molar-refractivity contribution >= 4 is 27.4 Å². The Balaban J connectivity index is 1.33. The zero-order chi connectivity index (χ0) is 27.0. The summed E-state index contributed by atoms with van der Waals surface area (Å²) in [6, 6.07) is 25.9. The van der Waals surface area contributed by atoms with Crippen LogP contribution < -0.4 is 10.0 Å². The predicted molar refractivity (Wildman–Crippen MR) is 152 cm³/mol. The van der Waals surface area contributed by atoms with Gasteiger partial charge in [-0.1, -0.05) is 60.7 Å². The number of thiophene rings is 1. The lowest BCUT2D eigenvalue weighted by molar-refractivity contribution is 0.239. The van der Waals surface area contributed by atoms with E-state index in [2.05, 4.69) is 38.6 Å². The third-order valence-corrected chi connectivity index (χ3v) is 9.32. The van der Waals surface area contributed by atoms with E-state index in [9.17, 15) is 13.2 Å². The Kier molecular flexibility index (Phi) is 6.32. The molecule has 5 aromatic rings. The molecule has 1 aliphatic rings. The molecule has 1 aliphatic carbocycles. The van der Waals surface area contributed by atoms with E-state index in [-0.39, 0.29) is 10.8 Å². The molecule has 1 fully saturated rings. The second-order valence-corrected chi connectivity index (χ2v) is 12.1. The number of sulfonamides is 1. The summed E-state index contributed by atoms with van der Waals surface area (Å²) < 4.78 is 30.2. The lowest BCUT2D eigenvalue weighted by atomic mass is 10.0. The number of aryl methyl sites for hydroxylation is 1. The highest BCUT2D eigenvalue weighted by atomic mass is 32.2. The van der Waals surface area contributed by atoms with Crippen molar-refractivity contribution in [2.24, 2.45) is 0 Å². The van der Waals surface area contributed by atoms with Gasteiger partial charge in [0, 0.05) is 24.0 Å². The minimum Gasteiger partial charge on any atom is -0.324 e. The van der Waals surface area contributed by atoms with Gasteiger partial charge in [0.05, 0.1) is 4.90 Å². The van der Waals surface area contributed by atoms with Crippen LogP contribution in [0.15, 0.2) is 113 Å². The van der Waals surface area contributed by atoms with E-state index in [1.807, 2.05) is 58.6 Å². The first-order valence-corrected chi connectivity index (χ1v) is 14.9. The molecular weight excluding hydrogens is 528 g/mol. The summed E-state index contributed by atoms with van der Waals surface area (Å²) >= 11 is 1.65. The van der Waals surface area contributed by atoms with Gasteiger partial charge in [-0.25, -0.2) is 22.9 Å². The molecule has 39 heavy (non-hydrogen) atoms. The number of carbonyl (C=O) groups is 1. The van der Waals surface area contributed by atoms with Gasteiger partial charge in [0.1, 0.15) is 11.4 Å². The number of hydrogen-bond acceptors (Lipinski definition) is 5. The standard InChI is InChI=1S/C30H26N4O3S2/c1-21-7-5-6-10-27(21)39(36,37)33-29(35)32-30(19-26(30)23-8-3-2-4-9-23)28-31-16-17-34(28)25-13-11-22(12-14-25)24-15-18-38-20-24/h2-18,20,26H,19H2,1H3,(H2,32,33,35). The van der Waals surface area contributed by atoms with E-state index in [1.54, 1.807) is 42.7 Å². The lowest BCUT2D eigenvalue weighted by Gasteiger charge is -2.22. The van der Waals surface area contributed by atoms with Crippen molar-refractivity contribution in [2.75, 3.05) is 0 Å². The number of carbonyl (C=O) groups excluding carboxylic acids is 1. The minimum atomic E-state index is -4.06. The molecule has 0 aliphatic heterocycles. The van der Waals surface area contributed by atoms with Crippen molar-refractivity contribution in [1.82, 2.24) is 19.6 Å². The Morgan fingerprint density at radius 2 is 1.72 bits per heavy atom. The molecule has 2 N–H and O–H groups in total. The third-order valence-electron chi connectivity index (χ3n) is 7.15. The van der Waals surface area contributed by atoms with E-state index in [0.29, 0.717) is 17.8 Å². The molecule has 7 nitrogen and oxygen atoms in total. The zero-order valence-corrected chi connectivity index (χ0v) is 22.7. The molecule has 0 bridgehead atoms. The Morgan fingerprint density at radius 1 is 0.974 bits per heavy atom. The van der Waals surface area contributed by atoms with Crippen molar-refractivity contribution in [3.63, 3.8) is 0 Å². The van der Waals surface area contributed by atoms with Crippen molar-refractivity contribution in [2.45, 2.75) is 29.7 Å². The van der Waals surface area contributed by atoms with Crippen molar-refractivity contribution < 1.29 is 13.2 Å². The highest BCUT2D eigenvalue weighted by Gasteiger charge is 2.60. The van der Waals surface area contributed by atoms with Gasteiger partial charge in [0.25, 0.3) is 10.0 Å². The van der Waals surface area contributed by atoms with E-state index < -0.39 is 21.6 Å². The molecule has 196 valence electrons. The number of aromatic nitrogens is 2. The second-order valence-electron chi connectivity index (χ2n) is 9.64. The minimum absolute atomic E-state index is 0.0665. The Labute approximate surface area is 231 Å². The fourth-order valence-electron chi connectivity index (χ4n) is 5.14. The van der Waals surface area contributed by atoms with Crippen molar-refractivity contribution in [3.05, 3.63) is 125 Å². The number of urea groups is 1. The van der Waals surface area contributed by atoms with Crippen LogP contribution in [-0.2, 0) is 15.6 Å². The smallest absolute Gasteiger partial charge is 0.324 e. The first-order chi connectivity index (χ1) is 18.9. The Hall–Kier alpha value is -4.21. The summed E-state index contributed by atoms with van der Waals surface area (Å²) in [6.45, 7) is 1.70. The molecule has 2 amide bonds. The van der Waals surface area contributed by atoms with Gasteiger partial charge in [-0.2, -0.15) is 11.3 Å². The Morgan fingerprint density at radius 3 is 2.44 bits per heavy atom. The SMILES string of the molecule is Cc1ccccc1S(=O)(=O)NC(=O)NC1(c2nccn2-c2ccc(-c3ccsc3)cc2)CC1c1ccccc1. The lowest BCUT2D eigenvalue weighted by Crippen LogP contribution is -2.46. The van der Waals surface area contributed by atoms with Gasteiger partial charge in [-0.05, 0) is 70.6 Å². The van der Waals surface area contributed by atoms with Crippen LogP contribution in [-0.4, -0.2) is 24.0 Å². The van der Waals surface area contributed by atoms with Gasteiger partial charge in [0.2, 0.25) is 0 Å². The van der Waals surface area contributed by atoms with Gasteiger partial charge in [-0.3, -0.25) is 0 Å². The van der Waals surface area contributed by atoms with E-state index >= 15 is 0 Å². The maximum Gasteiger partial charge on any atom is 0.329 e. The number of imidazole rings is 1. The first-order valence-electron chi connectivity index (χ1n) is 12.5. The number of nitrogens with one attached hydrogen (secondary N) is 2. The second kappa shape index (κ2) is 9.83. The quantitative estimate of drug-likeness (QED) is 0.259. The molecule has 0 spiro atoms. The average Bonchev–Trinajstić information content (AvgIpc) is 3.30. The summed E-state index contributed by atoms with van der Waals surface area (Å²) in [5, 5.41) is 7.15. The fraction of sp³-hybridized carbons (Fsp3) is 0.133. The number of nitrogens with zero attached hydrogens (tertiary/aromatic N) is 2. The van der Waals surface area contributed by atoms with Crippen LogP contribution in [0.2, 0.25) is 0 Å². The molecule has 0 radical (unpaired) electrons. The normalized spacial score (nSPS) is 18.4. The summed E-state index contributed by atoms with van der Waals surface area (Å²) in [7, 11) is -4.06. The summed E-state index contributed by atoms with van der Waals surface area (Å²) in [5.74, 6) is 0.569. The highest BCUT2D eigenvalue weighted by Crippen LogP contribution is 2.58. The first kappa shape index (κ1) is 25.1. The number of rotatable bonds is 7. The molecule has 2 heterocycles. The van der Waals surface area contributed by atoms with Gasteiger partial charge < -0.3 is 9.88 Å². The zero-order valence-electron chi connectivity index (χ0n) is 21.1. The van der Waals surface area contributed by atoms with Crippen LogP contribution in [0, 0.1) is 6.92 Å². The average molecular weight is 555 g/mol. The Bertz CT molecular complexity index is 1730. The number of benzene rings is 3. The van der Waals surface area contributed by atoms with Crippen LogP contribution >= 0.6 is 11.3 Å². The number of hydrogen-bond donors (Lipinski definition) is 2. The summed E-state index contributed by atoms with van der Waals surface area (Å²) in [6.07, 6.45) is 4.15. The van der Waals surface area contributed by atoms with Crippen LogP contribution in [0.1, 0.15) is 29.3 Å². The summed E-state index contributed by atoms with van der Waals surface area (Å²) in [4.78, 5) is 18.0. The van der Waals surface area contributed by atoms with Crippen molar-refractivity contribution in [1.29, 1.82) is 0 Å². The van der Waals surface area contributed by atoms with Crippen molar-refractivity contribution in [3.8, 4) is 16.8 Å². The molecule has 2 atom stereocenters. The third kappa shape index (κ3) is 4.75. The largest absolute Gasteiger partial charge is 0.329 e. The van der Waals surface area contributed by atoms with Crippen LogP contribution in [0.3, 0.4) is 0 Å². The molecule has 2 aromatic heterocycles. The van der Waals surface area contributed by atoms with E-state index in [0.717, 1.165) is 22.4 Å². The fourth-order valence-corrected chi connectivity index (χ4v) is 6.96. The van der Waals surface area contributed by atoms with Gasteiger partial charge in [0.15, 0.2) is 0 Å². The molecule has 1 saturated carbocycles. The van der Waals surface area contributed by atoms with E-state index in [4.69, 9.17) is 0 Å². The maximum atomic E-state index is 13.3. The van der Waals surface area contributed by atoms with E-state index in [1.165, 1.54) is 6.07 Å². The summed E-state index contributed by atoms with van der Waals surface area (Å²) in [5.41, 5.74) is 3.89. The van der Waals surface area contributed by atoms with Gasteiger partial charge >= 0.3 is 6.03 Å². The monoisotopic (exact) mass is 554 g/mol. The van der Waals surface area contributed by atoms with Crippen LogP contribution in [0.4, 0.5) is 4.79 Å². The van der Waals surface area contributed by atoms with Gasteiger partial charge in [-0.15, -0.1) is 0 Å². The molecule has 9 heteroatoms. The molecule has 2 unspecified atom stereocenters. The molecular formula is C30H26N4O3S2. The molecule has 0 saturated heterocycles.